The van der Waals surface area contributed by atoms with Gasteiger partial charge in [0.1, 0.15) is 6.54 Å². The van der Waals surface area contributed by atoms with Crippen LogP contribution in [0.2, 0.25) is 0 Å². The Kier molecular flexibility index (Phi) is 4.58. The third-order valence-corrected chi connectivity index (χ3v) is 3.28. The second-order valence-corrected chi connectivity index (χ2v) is 5.25. The molecule has 0 aliphatic rings. The topological polar surface area (TPSA) is 51.1 Å². The summed E-state index contributed by atoms with van der Waals surface area (Å²) in [5.74, 6) is -0.571. The molecule has 0 radical (unpaired) electrons. The number of amides is 1. The molecule has 0 bridgehead atoms. The number of halogens is 3. The zero-order chi connectivity index (χ0) is 17.2. The van der Waals surface area contributed by atoms with Crippen LogP contribution in [0.3, 0.4) is 0 Å². The first-order valence-electron chi connectivity index (χ1n) is 6.81. The number of aryl methyl sites for hydroxylation is 2. The Bertz CT molecular complexity index is 795. The molecule has 2 aromatic rings. The highest BCUT2D eigenvalue weighted by Gasteiger charge is 2.31. The van der Waals surface area contributed by atoms with Gasteiger partial charge in [-0.1, -0.05) is 17.7 Å². The Morgan fingerprint density at radius 2 is 1.87 bits per heavy atom. The van der Waals surface area contributed by atoms with E-state index in [0.717, 1.165) is 21.8 Å². The molecule has 1 N–H and O–H groups in total. The number of carbonyl (C=O) groups is 1. The van der Waals surface area contributed by atoms with Crippen molar-refractivity contribution in [3.63, 3.8) is 0 Å². The number of hydrogen-bond donors (Lipinski definition) is 1. The normalized spacial score (nSPS) is 11.3. The van der Waals surface area contributed by atoms with Crippen molar-refractivity contribution in [3.8, 4) is 0 Å². The third kappa shape index (κ3) is 4.21. The predicted molar refractivity (Wildman–Crippen MR) is 80.2 cm³/mol. The van der Waals surface area contributed by atoms with Crippen LogP contribution in [0.4, 0.5) is 18.9 Å². The first-order valence-corrected chi connectivity index (χ1v) is 6.81. The molecule has 2 rings (SSSR count). The Hall–Kier alpha value is -2.57. The molecule has 1 heterocycles. The molecule has 122 valence electrons. The molecular formula is C16H15F3N2O2. The number of anilines is 1. The maximum Gasteiger partial charge on any atom is 0.417 e. The summed E-state index contributed by atoms with van der Waals surface area (Å²) in [6.45, 7) is 3.22. The highest BCUT2D eigenvalue weighted by molar-refractivity contribution is 5.91. The Morgan fingerprint density at radius 3 is 2.48 bits per heavy atom. The lowest BCUT2D eigenvalue weighted by Gasteiger charge is -2.12. The van der Waals surface area contributed by atoms with Gasteiger partial charge in [0.05, 0.1) is 5.56 Å². The van der Waals surface area contributed by atoms with E-state index in [-0.39, 0.29) is 0 Å². The summed E-state index contributed by atoms with van der Waals surface area (Å²) in [5, 5.41) is 2.59. The molecule has 0 unspecified atom stereocenters. The molecular weight excluding hydrogens is 309 g/mol. The van der Waals surface area contributed by atoms with Crippen molar-refractivity contribution < 1.29 is 18.0 Å². The van der Waals surface area contributed by atoms with Crippen molar-refractivity contribution in [2.75, 3.05) is 5.32 Å². The largest absolute Gasteiger partial charge is 0.417 e. The van der Waals surface area contributed by atoms with Gasteiger partial charge in [-0.3, -0.25) is 9.59 Å². The van der Waals surface area contributed by atoms with Crippen LogP contribution in [0.15, 0.2) is 41.3 Å². The molecule has 1 aromatic carbocycles. The molecule has 7 heteroatoms. The van der Waals surface area contributed by atoms with Gasteiger partial charge in [0.15, 0.2) is 0 Å². The van der Waals surface area contributed by atoms with Crippen molar-refractivity contribution in [1.82, 2.24) is 4.57 Å². The van der Waals surface area contributed by atoms with E-state index in [2.05, 4.69) is 5.32 Å². The van der Waals surface area contributed by atoms with E-state index in [9.17, 15) is 22.8 Å². The van der Waals surface area contributed by atoms with Crippen molar-refractivity contribution in [2.24, 2.45) is 0 Å². The Morgan fingerprint density at radius 1 is 1.17 bits per heavy atom. The first-order chi connectivity index (χ1) is 10.7. The highest BCUT2D eigenvalue weighted by atomic mass is 19.4. The van der Waals surface area contributed by atoms with Crippen LogP contribution in [0, 0.1) is 13.8 Å². The number of nitrogens with zero attached hydrogens (tertiary/aromatic N) is 1. The fourth-order valence-corrected chi connectivity index (χ4v) is 2.12. The predicted octanol–water partition coefficient (Wildman–Crippen LogP) is 3.12. The van der Waals surface area contributed by atoms with Crippen molar-refractivity contribution in [3.05, 3.63) is 63.6 Å². The quantitative estimate of drug-likeness (QED) is 0.943. The van der Waals surface area contributed by atoms with E-state index in [1.165, 1.54) is 0 Å². The van der Waals surface area contributed by atoms with Gasteiger partial charge in [-0.25, -0.2) is 0 Å². The minimum atomic E-state index is -4.57. The zero-order valence-corrected chi connectivity index (χ0v) is 12.6. The molecule has 4 nitrogen and oxygen atoms in total. The van der Waals surface area contributed by atoms with Gasteiger partial charge in [-0.2, -0.15) is 13.2 Å². The van der Waals surface area contributed by atoms with E-state index in [4.69, 9.17) is 0 Å². The van der Waals surface area contributed by atoms with Crippen LogP contribution in [-0.4, -0.2) is 10.5 Å². The molecule has 0 saturated carbocycles. The molecule has 0 atom stereocenters. The first kappa shape index (κ1) is 16.8. The summed E-state index contributed by atoms with van der Waals surface area (Å²) in [7, 11) is 0. The Balaban J connectivity index is 2.18. The van der Waals surface area contributed by atoms with Gasteiger partial charge in [-0.15, -0.1) is 0 Å². The summed E-state index contributed by atoms with van der Waals surface area (Å²) in [4.78, 5) is 23.6. The molecule has 0 aliphatic carbocycles. The van der Waals surface area contributed by atoms with Gasteiger partial charge < -0.3 is 9.88 Å². The number of nitrogens with one attached hydrogen (secondary N) is 1. The number of carbonyl (C=O) groups excluding carboxylic acids is 1. The Labute approximate surface area is 130 Å². The second-order valence-electron chi connectivity index (χ2n) is 5.25. The van der Waals surface area contributed by atoms with Gasteiger partial charge in [0.2, 0.25) is 5.91 Å². The molecule has 0 aliphatic heterocycles. The van der Waals surface area contributed by atoms with Crippen molar-refractivity contribution >= 4 is 11.6 Å². The van der Waals surface area contributed by atoms with Crippen molar-refractivity contribution in [1.29, 1.82) is 0 Å². The fourth-order valence-electron chi connectivity index (χ4n) is 2.12. The lowest BCUT2D eigenvalue weighted by molar-refractivity contribution is -0.138. The average Bonchev–Trinajstić information content (AvgIpc) is 2.43. The second kappa shape index (κ2) is 6.28. The maximum atomic E-state index is 12.7. The minimum Gasteiger partial charge on any atom is -0.324 e. The van der Waals surface area contributed by atoms with E-state index >= 15 is 0 Å². The lowest BCUT2D eigenvalue weighted by Crippen LogP contribution is -2.28. The van der Waals surface area contributed by atoms with Gasteiger partial charge in [-0.05, 0) is 31.5 Å². The maximum absolute atomic E-state index is 12.7. The van der Waals surface area contributed by atoms with Crippen LogP contribution in [0.1, 0.15) is 16.7 Å². The number of rotatable bonds is 3. The number of alkyl halides is 3. The van der Waals surface area contributed by atoms with Crippen LogP contribution in [-0.2, 0) is 17.5 Å². The number of aromatic nitrogens is 1. The van der Waals surface area contributed by atoms with Gasteiger partial charge in [0.25, 0.3) is 5.56 Å². The standard InChI is InChI=1S/C16H15F3N2O2/c1-10-3-5-13(11(2)7-10)20-14(22)9-21-8-12(16(17,18)19)4-6-15(21)23/h3-8H,9H2,1-2H3,(H,20,22). The molecule has 0 saturated heterocycles. The van der Waals surface area contributed by atoms with Gasteiger partial charge in [0, 0.05) is 18.0 Å². The van der Waals surface area contributed by atoms with Gasteiger partial charge >= 0.3 is 6.18 Å². The molecule has 1 amide bonds. The molecule has 1 aromatic heterocycles. The lowest BCUT2D eigenvalue weighted by atomic mass is 10.1. The summed E-state index contributed by atoms with van der Waals surface area (Å²) >= 11 is 0. The molecule has 23 heavy (non-hydrogen) atoms. The fraction of sp³-hybridized carbons (Fsp3) is 0.250. The van der Waals surface area contributed by atoms with Crippen LogP contribution < -0.4 is 10.9 Å². The third-order valence-electron chi connectivity index (χ3n) is 3.28. The number of pyridine rings is 1. The van der Waals surface area contributed by atoms with E-state index < -0.39 is 29.8 Å². The summed E-state index contributed by atoms with van der Waals surface area (Å²) in [5.41, 5.74) is 0.759. The summed E-state index contributed by atoms with van der Waals surface area (Å²) in [6, 6.07) is 6.87. The number of benzene rings is 1. The summed E-state index contributed by atoms with van der Waals surface area (Å²) < 4.78 is 38.7. The minimum absolute atomic E-state index is 0.490. The van der Waals surface area contributed by atoms with Crippen LogP contribution >= 0.6 is 0 Å². The zero-order valence-electron chi connectivity index (χ0n) is 12.6. The van der Waals surface area contributed by atoms with E-state index in [0.29, 0.717) is 18.0 Å². The van der Waals surface area contributed by atoms with E-state index in [1.807, 2.05) is 13.0 Å². The van der Waals surface area contributed by atoms with Crippen LogP contribution in [0.25, 0.3) is 0 Å². The monoisotopic (exact) mass is 324 g/mol. The smallest absolute Gasteiger partial charge is 0.324 e. The summed E-state index contributed by atoms with van der Waals surface area (Å²) in [6.07, 6.45) is -3.93. The molecule has 0 fully saturated rings. The van der Waals surface area contributed by atoms with Crippen LogP contribution in [0.5, 0.6) is 0 Å². The number of hydrogen-bond acceptors (Lipinski definition) is 2. The highest BCUT2D eigenvalue weighted by Crippen LogP contribution is 2.28. The molecule has 0 spiro atoms. The van der Waals surface area contributed by atoms with Crippen molar-refractivity contribution in [2.45, 2.75) is 26.6 Å². The van der Waals surface area contributed by atoms with E-state index in [1.54, 1.807) is 19.1 Å². The average molecular weight is 324 g/mol. The SMILES string of the molecule is Cc1ccc(NC(=O)Cn2cc(C(F)(F)F)ccc2=O)c(C)c1.